The van der Waals surface area contributed by atoms with E-state index in [-0.39, 0.29) is 30.0 Å². The highest BCUT2D eigenvalue weighted by Gasteiger charge is 2.34. The first kappa shape index (κ1) is 13.7. The molecule has 1 aliphatic rings. The molecule has 1 aromatic heterocycles. The van der Waals surface area contributed by atoms with Crippen molar-refractivity contribution in [1.29, 1.82) is 0 Å². The smallest absolute Gasteiger partial charge is 0.245 e. The summed E-state index contributed by atoms with van der Waals surface area (Å²) in [7, 11) is -3.03. The quantitative estimate of drug-likeness (QED) is 0.635. The van der Waals surface area contributed by atoms with Gasteiger partial charge < -0.3 is 4.90 Å². The highest BCUT2D eigenvalue weighted by atomic mass is 32.2. The SMILES string of the molecule is C=CCN(C(=O)Cn1cnnn1)C1CCS(=O)(=O)C1. The average Bonchev–Trinajstić information content (AvgIpc) is 2.95. The minimum atomic E-state index is -3.03. The first-order valence-electron chi connectivity index (χ1n) is 5.83. The molecule has 1 aromatic rings. The molecule has 1 amide bonds. The standard InChI is InChI=1S/C10H15N5O3S/c1-2-4-15(9-3-5-19(17,18)7-9)10(16)6-14-8-11-12-13-14/h2,8-9H,1,3-7H2. The number of carbonyl (C=O) groups excluding carboxylic acids is 1. The van der Waals surface area contributed by atoms with Gasteiger partial charge in [0.05, 0.1) is 11.5 Å². The van der Waals surface area contributed by atoms with Crippen LogP contribution in [0.15, 0.2) is 19.0 Å². The second-order valence-electron chi connectivity index (χ2n) is 4.40. The average molecular weight is 285 g/mol. The van der Waals surface area contributed by atoms with Crippen molar-refractivity contribution in [2.45, 2.75) is 19.0 Å². The van der Waals surface area contributed by atoms with E-state index < -0.39 is 9.84 Å². The maximum Gasteiger partial charge on any atom is 0.245 e. The number of tetrazole rings is 1. The Balaban J connectivity index is 2.07. The molecule has 8 nitrogen and oxygen atoms in total. The molecule has 1 aliphatic heterocycles. The van der Waals surface area contributed by atoms with Crippen LogP contribution in [0.2, 0.25) is 0 Å². The van der Waals surface area contributed by atoms with E-state index in [2.05, 4.69) is 22.1 Å². The third kappa shape index (κ3) is 3.37. The fraction of sp³-hybridized carbons (Fsp3) is 0.600. The van der Waals surface area contributed by atoms with Crippen molar-refractivity contribution >= 4 is 15.7 Å². The lowest BCUT2D eigenvalue weighted by molar-refractivity contribution is -0.133. The van der Waals surface area contributed by atoms with Crippen LogP contribution in [-0.4, -0.2) is 63.5 Å². The Bertz CT molecular complexity index is 554. The molecule has 1 unspecified atom stereocenters. The Hall–Kier alpha value is -1.77. The highest BCUT2D eigenvalue weighted by molar-refractivity contribution is 7.91. The molecule has 19 heavy (non-hydrogen) atoms. The third-order valence-electron chi connectivity index (χ3n) is 2.98. The molecular formula is C10H15N5O3S. The van der Waals surface area contributed by atoms with Gasteiger partial charge in [0, 0.05) is 12.6 Å². The van der Waals surface area contributed by atoms with Gasteiger partial charge in [-0.1, -0.05) is 6.08 Å². The largest absolute Gasteiger partial charge is 0.333 e. The van der Waals surface area contributed by atoms with Crippen LogP contribution in [0.1, 0.15) is 6.42 Å². The van der Waals surface area contributed by atoms with Crippen molar-refractivity contribution in [3.8, 4) is 0 Å². The summed E-state index contributed by atoms with van der Waals surface area (Å²) >= 11 is 0. The van der Waals surface area contributed by atoms with Crippen molar-refractivity contribution in [2.24, 2.45) is 0 Å². The number of hydrogen-bond donors (Lipinski definition) is 0. The first-order chi connectivity index (χ1) is 9.02. The Morgan fingerprint density at radius 3 is 2.89 bits per heavy atom. The Morgan fingerprint density at radius 2 is 2.37 bits per heavy atom. The predicted octanol–water partition coefficient (Wildman–Crippen LogP) is -1.13. The van der Waals surface area contributed by atoms with Gasteiger partial charge in [-0.3, -0.25) is 4.79 Å². The van der Waals surface area contributed by atoms with Gasteiger partial charge in [0.1, 0.15) is 12.9 Å². The fourth-order valence-corrected chi connectivity index (χ4v) is 3.83. The summed E-state index contributed by atoms with van der Waals surface area (Å²) in [5.41, 5.74) is 0. The van der Waals surface area contributed by atoms with Crippen LogP contribution in [-0.2, 0) is 21.2 Å². The monoisotopic (exact) mass is 285 g/mol. The molecule has 9 heteroatoms. The van der Waals surface area contributed by atoms with Crippen molar-refractivity contribution in [2.75, 3.05) is 18.1 Å². The van der Waals surface area contributed by atoms with Crippen molar-refractivity contribution < 1.29 is 13.2 Å². The minimum Gasteiger partial charge on any atom is -0.333 e. The van der Waals surface area contributed by atoms with Crippen molar-refractivity contribution in [1.82, 2.24) is 25.1 Å². The van der Waals surface area contributed by atoms with Crippen LogP contribution < -0.4 is 0 Å². The molecule has 0 spiro atoms. The summed E-state index contributed by atoms with van der Waals surface area (Å²) in [6.45, 7) is 3.92. The summed E-state index contributed by atoms with van der Waals surface area (Å²) in [6, 6.07) is -0.285. The number of hydrogen-bond acceptors (Lipinski definition) is 6. The molecule has 1 saturated heterocycles. The van der Waals surface area contributed by atoms with Crippen LogP contribution in [0, 0.1) is 0 Å². The van der Waals surface area contributed by atoms with Gasteiger partial charge in [0.15, 0.2) is 9.84 Å². The fourth-order valence-electron chi connectivity index (χ4n) is 2.10. The van der Waals surface area contributed by atoms with Crippen LogP contribution in [0.4, 0.5) is 0 Å². The molecule has 1 atom stereocenters. The minimum absolute atomic E-state index is 0.00259. The van der Waals surface area contributed by atoms with E-state index in [0.717, 1.165) is 0 Å². The lowest BCUT2D eigenvalue weighted by Crippen LogP contribution is -2.43. The third-order valence-corrected chi connectivity index (χ3v) is 4.73. The van der Waals surface area contributed by atoms with Gasteiger partial charge in [-0.05, 0) is 16.8 Å². The zero-order valence-electron chi connectivity index (χ0n) is 10.3. The van der Waals surface area contributed by atoms with E-state index in [1.807, 2.05) is 0 Å². The van der Waals surface area contributed by atoms with Crippen LogP contribution in [0.3, 0.4) is 0 Å². The van der Waals surface area contributed by atoms with Crippen molar-refractivity contribution in [3.05, 3.63) is 19.0 Å². The zero-order chi connectivity index (χ0) is 13.9. The second kappa shape index (κ2) is 5.47. The zero-order valence-corrected chi connectivity index (χ0v) is 11.2. The summed E-state index contributed by atoms with van der Waals surface area (Å²) < 4.78 is 24.3. The van der Waals surface area contributed by atoms with E-state index in [4.69, 9.17) is 0 Å². The van der Waals surface area contributed by atoms with E-state index >= 15 is 0 Å². The van der Waals surface area contributed by atoms with Crippen molar-refractivity contribution in [3.63, 3.8) is 0 Å². The molecule has 0 radical (unpaired) electrons. The van der Waals surface area contributed by atoms with E-state index in [1.165, 1.54) is 15.9 Å². The molecular weight excluding hydrogens is 270 g/mol. The highest BCUT2D eigenvalue weighted by Crippen LogP contribution is 2.18. The van der Waals surface area contributed by atoms with Gasteiger partial charge >= 0.3 is 0 Å². The number of rotatable bonds is 5. The van der Waals surface area contributed by atoms with Crippen LogP contribution in [0.25, 0.3) is 0 Å². The molecule has 0 N–H and O–H groups in total. The molecule has 2 rings (SSSR count). The van der Waals surface area contributed by atoms with Gasteiger partial charge in [-0.15, -0.1) is 11.7 Å². The number of sulfone groups is 1. The second-order valence-corrected chi connectivity index (χ2v) is 6.63. The van der Waals surface area contributed by atoms with Gasteiger partial charge in [-0.2, -0.15) is 0 Å². The molecule has 0 saturated carbocycles. The Labute approximate surface area is 111 Å². The molecule has 1 fully saturated rings. The first-order valence-corrected chi connectivity index (χ1v) is 7.65. The van der Waals surface area contributed by atoms with Gasteiger partial charge in [0.25, 0.3) is 0 Å². The lowest BCUT2D eigenvalue weighted by Gasteiger charge is -2.26. The van der Waals surface area contributed by atoms with Gasteiger partial charge in [0.2, 0.25) is 5.91 Å². The number of nitrogens with zero attached hydrogens (tertiary/aromatic N) is 5. The molecule has 0 aliphatic carbocycles. The number of aromatic nitrogens is 4. The normalized spacial score (nSPS) is 21.2. The topological polar surface area (TPSA) is 98.1 Å². The van der Waals surface area contributed by atoms with E-state index in [0.29, 0.717) is 13.0 Å². The predicted molar refractivity (Wildman–Crippen MR) is 66.8 cm³/mol. The van der Waals surface area contributed by atoms with Crippen LogP contribution in [0.5, 0.6) is 0 Å². The molecule has 2 heterocycles. The maximum absolute atomic E-state index is 12.2. The number of carbonyl (C=O) groups is 1. The Kier molecular flexibility index (Phi) is 3.93. The lowest BCUT2D eigenvalue weighted by atomic mass is 10.2. The summed E-state index contributed by atoms with van der Waals surface area (Å²) in [5.74, 6) is -0.0691. The Morgan fingerprint density at radius 1 is 1.58 bits per heavy atom. The summed E-state index contributed by atoms with van der Waals surface area (Å²) in [4.78, 5) is 13.7. The summed E-state index contributed by atoms with van der Waals surface area (Å²) in [6.07, 6.45) is 3.40. The van der Waals surface area contributed by atoms with Crippen LogP contribution >= 0.6 is 0 Å². The van der Waals surface area contributed by atoms with Gasteiger partial charge in [-0.25, -0.2) is 13.1 Å². The van der Waals surface area contributed by atoms with E-state index in [1.54, 1.807) is 6.08 Å². The molecule has 104 valence electrons. The van der Waals surface area contributed by atoms with E-state index in [9.17, 15) is 13.2 Å². The maximum atomic E-state index is 12.2. The summed E-state index contributed by atoms with van der Waals surface area (Å²) in [5, 5.41) is 10.5. The number of amides is 1. The molecule has 0 bridgehead atoms. The molecule has 0 aromatic carbocycles.